The second kappa shape index (κ2) is 6.40. The monoisotopic (exact) mass is 273 g/mol. The molecule has 1 atom stereocenters. The van der Waals surface area contributed by atoms with Crippen molar-refractivity contribution in [2.75, 3.05) is 13.2 Å². The lowest BCUT2D eigenvalue weighted by atomic mass is 9.95. The summed E-state index contributed by atoms with van der Waals surface area (Å²) >= 11 is 0. The average molecular weight is 273 g/mol. The lowest BCUT2D eigenvalue weighted by Gasteiger charge is -2.23. The van der Waals surface area contributed by atoms with E-state index in [2.05, 4.69) is 11.4 Å². The van der Waals surface area contributed by atoms with Gasteiger partial charge in [0.2, 0.25) is 0 Å². The van der Waals surface area contributed by atoms with Gasteiger partial charge in [0, 0.05) is 12.5 Å². The molecule has 0 bridgehead atoms. The number of Topliss-reactive ketones (excluding diaryl/α,β-unsaturated/α-hetero) is 1. The largest absolute Gasteiger partial charge is 0.493 e. The molecule has 0 aromatic heterocycles. The number of benzene rings is 1. The summed E-state index contributed by atoms with van der Waals surface area (Å²) in [5, 5.41) is 3.50. The van der Waals surface area contributed by atoms with Crippen molar-refractivity contribution in [2.24, 2.45) is 0 Å². The quantitative estimate of drug-likeness (QED) is 0.857. The molecule has 1 saturated heterocycles. The molecule has 0 radical (unpaired) electrons. The van der Waals surface area contributed by atoms with Gasteiger partial charge in [-0.2, -0.15) is 0 Å². The van der Waals surface area contributed by atoms with E-state index in [-0.39, 0.29) is 5.78 Å². The van der Waals surface area contributed by atoms with E-state index in [1.807, 2.05) is 12.1 Å². The van der Waals surface area contributed by atoms with Crippen molar-refractivity contribution >= 4 is 5.78 Å². The van der Waals surface area contributed by atoms with E-state index >= 15 is 0 Å². The molecule has 20 heavy (non-hydrogen) atoms. The first-order valence-corrected chi connectivity index (χ1v) is 7.86. The number of hydrogen-bond acceptors (Lipinski definition) is 3. The highest BCUT2D eigenvalue weighted by Gasteiger charge is 2.20. The highest BCUT2D eigenvalue weighted by molar-refractivity contribution is 5.99. The van der Waals surface area contributed by atoms with Crippen molar-refractivity contribution in [3.63, 3.8) is 0 Å². The Morgan fingerprint density at radius 1 is 1.30 bits per heavy atom. The number of para-hydroxylation sites is 1. The number of ketones is 1. The molecule has 2 aliphatic rings. The zero-order chi connectivity index (χ0) is 13.8. The Labute approximate surface area is 120 Å². The van der Waals surface area contributed by atoms with Crippen LogP contribution in [-0.4, -0.2) is 25.0 Å². The van der Waals surface area contributed by atoms with Crippen LogP contribution in [0.2, 0.25) is 0 Å². The SMILES string of the molecule is O=C(CCC1CCCCN1)c1cccc2c1OCCC2. The number of rotatable bonds is 4. The highest BCUT2D eigenvalue weighted by Crippen LogP contribution is 2.30. The molecule has 1 aromatic rings. The van der Waals surface area contributed by atoms with E-state index in [4.69, 9.17) is 4.74 Å². The third-order valence-electron chi connectivity index (χ3n) is 4.37. The van der Waals surface area contributed by atoms with Crippen molar-refractivity contribution in [2.45, 2.75) is 51.0 Å². The van der Waals surface area contributed by atoms with Crippen LogP contribution in [0.15, 0.2) is 18.2 Å². The molecule has 1 fully saturated rings. The van der Waals surface area contributed by atoms with Gasteiger partial charge in [0.1, 0.15) is 5.75 Å². The third-order valence-corrected chi connectivity index (χ3v) is 4.37. The number of piperidine rings is 1. The predicted octanol–water partition coefficient (Wildman–Crippen LogP) is 3.12. The summed E-state index contributed by atoms with van der Waals surface area (Å²) in [7, 11) is 0. The first-order valence-electron chi connectivity index (χ1n) is 7.86. The zero-order valence-corrected chi connectivity index (χ0v) is 12.0. The molecule has 1 N–H and O–H groups in total. The normalized spacial score (nSPS) is 21.9. The standard InChI is InChI=1S/C17H23NO2/c19-16(10-9-14-7-1-2-11-18-14)15-8-3-5-13-6-4-12-20-17(13)15/h3,5,8,14,18H,1-2,4,6-7,9-12H2. The van der Waals surface area contributed by atoms with E-state index in [0.29, 0.717) is 12.5 Å². The van der Waals surface area contributed by atoms with E-state index in [9.17, 15) is 4.79 Å². The predicted molar refractivity (Wildman–Crippen MR) is 79.5 cm³/mol. The molecule has 1 unspecified atom stereocenters. The maximum atomic E-state index is 12.5. The summed E-state index contributed by atoms with van der Waals surface area (Å²) in [6, 6.07) is 6.50. The molecule has 0 aliphatic carbocycles. The second-order valence-corrected chi connectivity index (χ2v) is 5.85. The van der Waals surface area contributed by atoms with Crippen LogP contribution in [-0.2, 0) is 6.42 Å². The number of nitrogens with one attached hydrogen (secondary N) is 1. The topological polar surface area (TPSA) is 38.3 Å². The van der Waals surface area contributed by atoms with E-state index < -0.39 is 0 Å². The van der Waals surface area contributed by atoms with Crippen molar-refractivity contribution in [1.82, 2.24) is 5.32 Å². The molecule has 0 spiro atoms. The molecule has 2 heterocycles. The summed E-state index contributed by atoms with van der Waals surface area (Å²) < 4.78 is 5.73. The summed E-state index contributed by atoms with van der Waals surface area (Å²) in [5.41, 5.74) is 1.98. The van der Waals surface area contributed by atoms with Crippen molar-refractivity contribution < 1.29 is 9.53 Å². The zero-order valence-electron chi connectivity index (χ0n) is 12.0. The third kappa shape index (κ3) is 3.04. The first kappa shape index (κ1) is 13.6. The maximum Gasteiger partial charge on any atom is 0.166 e. The molecule has 0 saturated carbocycles. The van der Waals surface area contributed by atoms with Gasteiger partial charge in [0.25, 0.3) is 0 Å². The van der Waals surface area contributed by atoms with Crippen molar-refractivity contribution in [3.8, 4) is 5.75 Å². The minimum Gasteiger partial charge on any atom is -0.493 e. The van der Waals surface area contributed by atoms with Gasteiger partial charge in [0.15, 0.2) is 5.78 Å². The molecule has 3 nitrogen and oxygen atoms in total. The van der Waals surface area contributed by atoms with Gasteiger partial charge in [-0.1, -0.05) is 18.6 Å². The highest BCUT2D eigenvalue weighted by atomic mass is 16.5. The van der Waals surface area contributed by atoms with Crippen LogP contribution in [0.5, 0.6) is 5.75 Å². The summed E-state index contributed by atoms with van der Waals surface area (Å²) in [5.74, 6) is 1.08. The van der Waals surface area contributed by atoms with Crippen molar-refractivity contribution in [1.29, 1.82) is 0 Å². The van der Waals surface area contributed by atoms with Crippen LogP contribution < -0.4 is 10.1 Å². The Hall–Kier alpha value is -1.35. The molecule has 108 valence electrons. The first-order chi connectivity index (χ1) is 9.84. The molecule has 3 heteroatoms. The van der Waals surface area contributed by atoms with E-state index in [0.717, 1.165) is 43.7 Å². The van der Waals surface area contributed by atoms with Crippen LogP contribution in [0.3, 0.4) is 0 Å². The van der Waals surface area contributed by atoms with Crippen LogP contribution in [0.4, 0.5) is 0 Å². The van der Waals surface area contributed by atoms with Crippen LogP contribution in [0.25, 0.3) is 0 Å². The fraction of sp³-hybridized carbons (Fsp3) is 0.588. The van der Waals surface area contributed by atoms with E-state index in [1.165, 1.54) is 24.8 Å². The smallest absolute Gasteiger partial charge is 0.166 e. The molecule has 1 aromatic carbocycles. The Balaban J connectivity index is 1.64. The van der Waals surface area contributed by atoms with Gasteiger partial charge >= 0.3 is 0 Å². The number of carbonyl (C=O) groups is 1. The number of aryl methyl sites for hydroxylation is 1. The fourth-order valence-corrected chi connectivity index (χ4v) is 3.22. The summed E-state index contributed by atoms with van der Waals surface area (Å²) in [6.07, 6.45) is 7.41. The number of ether oxygens (including phenoxy) is 1. The lowest BCUT2D eigenvalue weighted by molar-refractivity contribution is 0.0969. The summed E-state index contributed by atoms with van der Waals surface area (Å²) in [4.78, 5) is 12.5. The minimum absolute atomic E-state index is 0.233. The lowest BCUT2D eigenvalue weighted by Crippen LogP contribution is -2.34. The Morgan fingerprint density at radius 3 is 3.10 bits per heavy atom. The van der Waals surface area contributed by atoms with Gasteiger partial charge in [-0.15, -0.1) is 0 Å². The van der Waals surface area contributed by atoms with Crippen LogP contribution in [0, 0.1) is 0 Å². The molecule has 3 rings (SSSR count). The molecule has 0 amide bonds. The Morgan fingerprint density at radius 2 is 2.25 bits per heavy atom. The van der Waals surface area contributed by atoms with Gasteiger partial charge < -0.3 is 10.1 Å². The van der Waals surface area contributed by atoms with Gasteiger partial charge in [0.05, 0.1) is 12.2 Å². The van der Waals surface area contributed by atoms with Crippen LogP contribution in [0.1, 0.15) is 54.4 Å². The van der Waals surface area contributed by atoms with Gasteiger partial charge in [-0.3, -0.25) is 4.79 Å². The Kier molecular flexibility index (Phi) is 4.36. The summed E-state index contributed by atoms with van der Waals surface area (Å²) in [6.45, 7) is 1.84. The maximum absolute atomic E-state index is 12.5. The van der Waals surface area contributed by atoms with E-state index in [1.54, 1.807) is 0 Å². The van der Waals surface area contributed by atoms with Crippen LogP contribution >= 0.6 is 0 Å². The number of carbonyl (C=O) groups excluding carboxylic acids is 1. The van der Waals surface area contributed by atoms with Gasteiger partial charge in [-0.25, -0.2) is 0 Å². The van der Waals surface area contributed by atoms with Crippen molar-refractivity contribution in [3.05, 3.63) is 29.3 Å². The number of fused-ring (bicyclic) bond motifs is 1. The Bertz CT molecular complexity index is 478. The molecule has 2 aliphatic heterocycles. The minimum atomic E-state index is 0.233. The second-order valence-electron chi connectivity index (χ2n) is 5.85. The molecular formula is C17H23NO2. The molecular weight excluding hydrogens is 250 g/mol. The van der Waals surface area contributed by atoms with Gasteiger partial charge in [-0.05, 0) is 50.3 Å². The number of hydrogen-bond donors (Lipinski definition) is 1. The average Bonchev–Trinajstić information content (AvgIpc) is 2.53. The fourth-order valence-electron chi connectivity index (χ4n) is 3.22.